The number of fused-ring (bicyclic) bond motifs is 1. The summed E-state index contributed by atoms with van der Waals surface area (Å²) in [5, 5.41) is 4.76. The second-order valence-corrected chi connectivity index (χ2v) is 6.97. The van der Waals surface area contributed by atoms with Crippen molar-refractivity contribution in [2.45, 2.75) is 19.1 Å². The average molecular weight is 386 g/mol. The van der Waals surface area contributed by atoms with Gasteiger partial charge in [-0.25, -0.2) is 0 Å². The van der Waals surface area contributed by atoms with E-state index in [1.807, 2.05) is 55.6 Å². The van der Waals surface area contributed by atoms with Gasteiger partial charge in [0, 0.05) is 18.0 Å². The van der Waals surface area contributed by atoms with E-state index in [1.54, 1.807) is 0 Å². The summed E-state index contributed by atoms with van der Waals surface area (Å²) in [5.41, 5.74) is 0.978. The van der Waals surface area contributed by atoms with E-state index in [0.29, 0.717) is 42.9 Å². The van der Waals surface area contributed by atoms with E-state index in [9.17, 15) is 0 Å². The number of hydrogen-bond acceptors (Lipinski definition) is 6. The lowest BCUT2D eigenvalue weighted by Gasteiger charge is -2.29. The third kappa shape index (κ3) is 4.40. The molecule has 0 spiro atoms. The highest BCUT2D eigenvalue weighted by atomic mass is 35.5. The molecule has 0 N–H and O–H groups in total. The van der Waals surface area contributed by atoms with E-state index in [2.05, 4.69) is 15.0 Å². The lowest BCUT2D eigenvalue weighted by atomic mass is 10.1. The van der Waals surface area contributed by atoms with Crippen LogP contribution in [0.15, 0.2) is 53.1 Å². The quantitative estimate of drug-likeness (QED) is 0.646. The van der Waals surface area contributed by atoms with Gasteiger partial charge < -0.3 is 14.0 Å². The molecule has 0 saturated carbocycles. The molecule has 0 aliphatic carbocycles. The fourth-order valence-electron chi connectivity index (χ4n) is 3.03. The largest absolute Gasteiger partial charge is 0.486 e. The molecule has 7 heteroatoms. The first-order valence-corrected chi connectivity index (χ1v) is 9.17. The molecular formula is C20H20ClN3O3. The van der Waals surface area contributed by atoms with Crippen molar-refractivity contribution in [2.75, 3.05) is 20.2 Å². The molecule has 140 valence electrons. The van der Waals surface area contributed by atoms with Crippen molar-refractivity contribution in [3.63, 3.8) is 0 Å². The summed E-state index contributed by atoms with van der Waals surface area (Å²) in [4.78, 5) is 6.54. The zero-order chi connectivity index (χ0) is 18.6. The first kappa shape index (κ1) is 17.8. The van der Waals surface area contributed by atoms with Gasteiger partial charge in [0.2, 0.25) is 5.89 Å². The molecule has 2 heterocycles. The summed E-state index contributed by atoms with van der Waals surface area (Å²) < 4.78 is 17.1. The Morgan fingerprint density at radius 3 is 2.74 bits per heavy atom. The van der Waals surface area contributed by atoms with Crippen LogP contribution >= 0.6 is 11.6 Å². The standard InChI is InChI=1S/C20H20ClN3O3/c1-24(11-15-13-25-17-8-4-5-9-18(17)26-15)12-20-22-19(23-27-20)10-14-6-2-3-7-16(14)21/h2-9,15H,10-13H2,1H3/t15-/m0/s1. The molecule has 0 amide bonds. The Hall–Kier alpha value is -2.57. The Balaban J connectivity index is 1.32. The molecule has 0 unspecified atom stereocenters. The van der Waals surface area contributed by atoms with Gasteiger partial charge in [-0.1, -0.05) is 47.1 Å². The topological polar surface area (TPSA) is 60.6 Å². The molecule has 6 nitrogen and oxygen atoms in total. The molecule has 0 bridgehead atoms. The molecule has 0 saturated heterocycles. The SMILES string of the molecule is CN(Cc1nc(Cc2ccccc2Cl)no1)C[C@H]1COc2ccccc2O1. The molecule has 0 fully saturated rings. The second kappa shape index (κ2) is 7.98. The normalized spacial score (nSPS) is 15.9. The van der Waals surface area contributed by atoms with E-state index >= 15 is 0 Å². The smallest absolute Gasteiger partial charge is 0.240 e. The number of para-hydroxylation sites is 2. The summed E-state index contributed by atoms with van der Waals surface area (Å²) in [7, 11) is 1.99. The maximum Gasteiger partial charge on any atom is 0.240 e. The fourth-order valence-corrected chi connectivity index (χ4v) is 3.24. The van der Waals surface area contributed by atoms with Crippen molar-refractivity contribution in [2.24, 2.45) is 0 Å². The van der Waals surface area contributed by atoms with Gasteiger partial charge in [0.25, 0.3) is 0 Å². The van der Waals surface area contributed by atoms with Crippen molar-refractivity contribution >= 4 is 11.6 Å². The molecule has 27 heavy (non-hydrogen) atoms. The van der Waals surface area contributed by atoms with E-state index in [-0.39, 0.29) is 6.10 Å². The molecule has 1 aromatic heterocycles. The maximum absolute atomic E-state index is 6.19. The second-order valence-electron chi connectivity index (χ2n) is 6.57. The Morgan fingerprint density at radius 2 is 1.89 bits per heavy atom. The van der Waals surface area contributed by atoms with Gasteiger partial charge in [-0.15, -0.1) is 0 Å². The van der Waals surface area contributed by atoms with Crippen LogP contribution in [0.2, 0.25) is 5.02 Å². The van der Waals surface area contributed by atoms with Crippen molar-refractivity contribution in [1.82, 2.24) is 15.0 Å². The predicted molar refractivity (Wildman–Crippen MR) is 101 cm³/mol. The van der Waals surface area contributed by atoms with Crippen LogP contribution in [-0.2, 0) is 13.0 Å². The zero-order valence-corrected chi connectivity index (χ0v) is 15.7. The lowest BCUT2D eigenvalue weighted by Crippen LogP contribution is -2.39. The van der Waals surface area contributed by atoms with Crippen molar-refractivity contribution in [1.29, 1.82) is 0 Å². The fraction of sp³-hybridized carbons (Fsp3) is 0.300. The summed E-state index contributed by atoms with van der Waals surface area (Å²) in [6.07, 6.45) is 0.499. The summed E-state index contributed by atoms with van der Waals surface area (Å²) >= 11 is 6.19. The maximum atomic E-state index is 6.19. The molecule has 3 aromatic rings. The molecule has 1 atom stereocenters. The van der Waals surface area contributed by atoms with Gasteiger partial charge in [-0.2, -0.15) is 4.98 Å². The van der Waals surface area contributed by atoms with E-state index in [4.69, 9.17) is 25.6 Å². The number of likely N-dealkylation sites (N-methyl/N-ethyl adjacent to an activating group) is 1. The third-order valence-electron chi connectivity index (χ3n) is 4.30. The first-order valence-electron chi connectivity index (χ1n) is 8.79. The molecule has 4 rings (SSSR count). The third-order valence-corrected chi connectivity index (χ3v) is 4.67. The van der Waals surface area contributed by atoms with Crippen LogP contribution in [0.4, 0.5) is 0 Å². The number of rotatable bonds is 6. The highest BCUT2D eigenvalue weighted by Gasteiger charge is 2.22. The summed E-state index contributed by atoms with van der Waals surface area (Å²) in [6.45, 7) is 1.75. The monoisotopic (exact) mass is 385 g/mol. The number of aromatic nitrogens is 2. The predicted octanol–water partition coefficient (Wildman–Crippen LogP) is 3.59. The Kier molecular flexibility index (Phi) is 5.27. The number of halogens is 1. The van der Waals surface area contributed by atoms with Crippen LogP contribution in [0.1, 0.15) is 17.3 Å². The Bertz CT molecular complexity index is 915. The number of benzene rings is 2. The van der Waals surface area contributed by atoms with Gasteiger partial charge in [-0.3, -0.25) is 4.90 Å². The van der Waals surface area contributed by atoms with Crippen molar-refractivity contribution in [3.8, 4) is 11.5 Å². The summed E-state index contributed by atoms with van der Waals surface area (Å²) in [5.74, 6) is 2.76. The van der Waals surface area contributed by atoms with Crippen LogP contribution < -0.4 is 9.47 Å². The van der Waals surface area contributed by atoms with E-state index in [1.165, 1.54) is 0 Å². The number of nitrogens with zero attached hydrogens (tertiary/aromatic N) is 3. The minimum absolute atomic E-state index is 0.0459. The minimum atomic E-state index is -0.0459. The van der Waals surface area contributed by atoms with Crippen LogP contribution in [0, 0.1) is 0 Å². The van der Waals surface area contributed by atoms with Gasteiger partial charge in [0.15, 0.2) is 17.3 Å². The highest BCUT2D eigenvalue weighted by molar-refractivity contribution is 6.31. The number of hydrogen-bond donors (Lipinski definition) is 0. The highest BCUT2D eigenvalue weighted by Crippen LogP contribution is 2.31. The first-order chi connectivity index (χ1) is 13.2. The van der Waals surface area contributed by atoms with Crippen LogP contribution in [0.5, 0.6) is 11.5 Å². The van der Waals surface area contributed by atoms with Gasteiger partial charge in [-0.05, 0) is 30.8 Å². The van der Waals surface area contributed by atoms with E-state index in [0.717, 1.165) is 17.1 Å². The van der Waals surface area contributed by atoms with Gasteiger partial charge >= 0.3 is 0 Å². The van der Waals surface area contributed by atoms with Crippen LogP contribution in [0.3, 0.4) is 0 Å². The Morgan fingerprint density at radius 1 is 1.11 bits per heavy atom. The van der Waals surface area contributed by atoms with Crippen LogP contribution in [-0.4, -0.2) is 41.3 Å². The minimum Gasteiger partial charge on any atom is -0.486 e. The summed E-state index contributed by atoms with van der Waals surface area (Å²) in [6, 6.07) is 15.4. The molecule has 1 aliphatic rings. The van der Waals surface area contributed by atoms with Crippen molar-refractivity contribution < 1.29 is 14.0 Å². The molecular weight excluding hydrogens is 366 g/mol. The molecule has 0 radical (unpaired) electrons. The van der Waals surface area contributed by atoms with Gasteiger partial charge in [0.1, 0.15) is 12.7 Å². The van der Waals surface area contributed by atoms with Crippen molar-refractivity contribution in [3.05, 3.63) is 70.8 Å². The number of ether oxygens (including phenoxy) is 2. The Labute approximate surface area is 162 Å². The molecule has 2 aromatic carbocycles. The van der Waals surface area contributed by atoms with Gasteiger partial charge in [0.05, 0.1) is 6.54 Å². The molecule has 1 aliphatic heterocycles. The zero-order valence-electron chi connectivity index (χ0n) is 15.0. The average Bonchev–Trinajstić information content (AvgIpc) is 3.10. The van der Waals surface area contributed by atoms with Crippen LogP contribution in [0.25, 0.3) is 0 Å². The van der Waals surface area contributed by atoms with E-state index < -0.39 is 0 Å². The lowest BCUT2D eigenvalue weighted by molar-refractivity contribution is 0.0613.